The first-order valence-electron chi connectivity index (χ1n) is 9.57. The first kappa shape index (κ1) is 20.3. The molecule has 158 valence electrons. The zero-order valence-electron chi connectivity index (χ0n) is 15.7. The van der Waals surface area contributed by atoms with Crippen LogP contribution in [0.2, 0.25) is 0 Å². The van der Waals surface area contributed by atoms with Crippen molar-refractivity contribution in [2.75, 3.05) is 5.32 Å². The van der Waals surface area contributed by atoms with Crippen molar-refractivity contribution in [2.24, 2.45) is 11.8 Å². The van der Waals surface area contributed by atoms with Crippen molar-refractivity contribution in [1.82, 2.24) is 0 Å². The Morgan fingerprint density at radius 2 is 1.60 bits per heavy atom. The van der Waals surface area contributed by atoms with Gasteiger partial charge in [-0.1, -0.05) is 18.2 Å². The summed E-state index contributed by atoms with van der Waals surface area (Å²) in [5, 5.41) is 12.7. The van der Waals surface area contributed by atoms with Crippen LogP contribution in [0.3, 0.4) is 0 Å². The first-order valence-corrected chi connectivity index (χ1v) is 9.57. The third-order valence-electron chi connectivity index (χ3n) is 6.50. The molecule has 0 radical (unpaired) electrons. The fourth-order valence-electron chi connectivity index (χ4n) is 5.39. The van der Waals surface area contributed by atoms with E-state index in [4.69, 9.17) is 0 Å². The summed E-state index contributed by atoms with van der Waals surface area (Å²) in [5.74, 6) is -2.60. The number of nitro benzene ring substituents is 1. The van der Waals surface area contributed by atoms with Crippen molar-refractivity contribution >= 4 is 17.3 Å². The molecule has 0 unspecified atom stereocenters. The van der Waals surface area contributed by atoms with Crippen molar-refractivity contribution in [1.29, 1.82) is 0 Å². The Labute approximate surface area is 169 Å². The van der Waals surface area contributed by atoms with Gasteiger partial charge in [0.15, 0.2) is 0 Å². The maximum absolute atomic E-state index is 15.2. The number of halogens is 4. The molecule has 0 heterocycles. The van der Waals surface area contributed by atoms with Gasteiger partial charge in [0.2, 0.25) is 0 Å². The number of anilines is 1. The molecule has 2 aliphatic rings. The van der Waals surface area contributed by atoms with Crippen LogP contribution in [0, 0.1) is 27.8 Å². The van der Waals surface area contributed by atoms with E-state index in [-0.39, 0.29) is 23.2 Å². The van der Waals surface area contributed by atoms with Gasteiger partial charge in [-0.3, -0.25) is 14.9 Å². The predicted molar refractivity (Wildman–Crippen MR) is 100 cm³/mol. The van der Waals surface area contributed by atoms with E-state index in [1.165, 1.54) is 24.3 Å². The maximum atomic E-state index is 15.2. The first-order chi connectivity index (χ1) is 14.1. The third-order valence-corrected chi connectivity index (χ3v) is 6.50. The summed E-state index contributed by atoms with van der Waals surface area (Å²) in [4.78, 5) is 21.7. The maximum Gasteiger partial charge on any atom is 0.471 e. The minimum absolute atomic E-state index is 0.0649. The number of non-ortho nitro benzene ring substituents is 1. The number of nitrogens with one attached hydrogen (secondary N) is 1. The lowest BCUT2D eigenvalue weighted by molar-refractivity contribution is -0.384. The summed E-state index contributed by atoms with van der Waals surface area (Å²) < 4.78 is 52.7. The number of rotatable bonds is 4. The highest BCUT2D eigenvalue weighted by atomic mass is 19.4. The molecule has 2 bridgehead atoms. The van der Waals surface area contributed by atoms with Crippen LogP contribution in [0.15, 0.2) is 42.5 Å². The Bertz CT molecular complexity index is 984. The normalized spacial score (nSPS) is 25.3. The molecule has 30 heavy (non-hydrogen) atoms. The molecule has 2 aliphatic carbocycles. The van der Waals surface area contributed by atoms with Crippen molar-refractivity contribution in [3.8, 4) is 0 Å². The van der Waals surface area contributed by atoms with Gasteiger partial charge < -0.3 is 5.32 Å². The number of carbonyl (C=O) groups is 1. The molecule has 5 nitrogen and oxygen atoms in total. The van der Waals surface area contributed by atoms with Crippen LogP contribution in [-0.2, 0) is 10.2 Å². The summed E-state index contributed by atoms with van der Waals surface area (Å²) in [7, 11) is 0. The number of benzene rings is 2. The molecule has 0 spiro atoms. The van der Waals surface area contributed by atoms with E-state index < -0.39 is 28.2 Å². The average Bonchev–Trinajstić information content (AvgIpc) is 3.23. The molecule has 2 aromatic carbocycles. The van der Waals surface area contributed by atoms with Crippen LogP contribution in [0.25, 0.3) is 0 Å². The monoisotopic (exact) mass is 422 g/mol. The number of amides is 1. The van der Waals surface area contributed by atoms with Gasteiger partial charge >= 0.3 is 12.1 Å². The van der Waals surface area contributed by atoms with Gasteiger partial charge in [-0.05, 0) is 60.8 Å². The van der Waals surface area contributed by atoms with E-state index in [9.17, 15) is 28.1 Å². The SMILES string of the molecule is O=C(Nc1ccc(C2(c3ccc([N+](=O)[O-])cc3)C3CCC2CC3)c(F)c1)C(F)(F)F. The number of fused-ring (bicyclic) bond motifs is 2. The minimum Gasteiger partial charge on any atom is -0.318 e. The standard InChI is InChI=1S/C21H18F4N2O3/c22-18-11-15(26-19(28)21(23,24)25)7-10-17(18)20(12-1-2-13(20)4-3-12)14-5-8-16(9-6-14)27(29)30/h5-13H,1-4H2,(H,26,28). The Kier molecular flexibility index (Phi) is 4.79. The highest BCUT2D eigenvalue weighted by molar-refractivity contribution is 5.94. The van der Waals surface area contributed by atoms with Gasteiger partial charge in [0, 0.05) is 23.2 Å². The number of alkyl halides is 3. The molecular formula is C21H18F4N2O3. The highest BCUT2D eigenvalue weighted by Gasteiger charge is 2.57. The van der Waals surface area contributed by atoms with E-state index in [0.29, 0.717) is 5.56 Å². The molecule has 0 aliphatic heterocycles. The summed E-state index contributed by atoms with van der Waals surface area (Å²) in [5.41, 5.74) is 0.0920. The molecule has 0 saturated heterocycles. The van der Waals surface area contributed by atoms with Crippen molar-refractivity contribution in [3.05, 3.63) is 69.5 Å². The Morgan fingerprint density at radius 1 is 1.03 bits per heavy atom. The molecule has 0 aromatic heterocycles. The average molecular weight is 422 g/mol. The smallest absolute Gasteiger partial charge is 0.318 e. The highest BCUT2D eigenvalue weighted by Crippen LogP contribution is 2.62. The fourth-order valence-corrected chi connectivity index (χ4v) is 5.39. The second kappa shape index (κ2) is 7.07. The van der Waals surface area contributed by atoms with E-state index in [2.05, 4.69) is 0 Å². The Hall–Kier alpha value is -2.97. The van der Waals surface area contributed by atoms with E-state index in [0.717, 1.165) is 37.3 Å². The topological polar surface area (TPSA) is 72.2 Å². The van der Waals surface area contributed by atoms with Gasteiger partial charge in [-0.15, -0.1) is 0 Å². The molecule has 2 fully saturated rings. The quantitative estimate of drug-likeness (QED) is 0.411. The predicted octanol–water partition coefficient (Wildman–Crippen LogP) is 5.34. The number of hydrogen-bond donors (Lipinski definition) is 1. The number of hydrogen-bond acceptors (Lipinski definition) is 3. The molecule has 2 aromatic rings. The summed E-state index contributed by atoms with van der Waals surface area (Å²) >= 11 is 0. The van der Waals surface area contributed by atoms with Gasteiger partial charge in [0.25, 0.3) is 5.69 Å². The van der Waals surface area contributed by atoms with Crippen LogP contribution >= 0.6 is 0 Å². The molecule has 1 amide bonds. The summed E-state index contributed by atoms with van der Waals surface area (Å²) in [6.07, 6.45) is -1.54. The van der Waals surface area contributed by atoms with Gasteiger partial charge in [-0.2, -0.15) is 13.2 Å². The zero-order valence-corrected chi connectivity index (χ0v) is 15.7. The van der Waals surface area contributed by atoms with Crippen LogP contribution in [0.4, 0.5) is 28.9 Å². The lowest BCUT2D eigenvalue weighted by Gasteiger charge is -2.36. The third kappa shape index (κ3) is 3.12. The second-order valence-corrected chi connectivity index (χ2v) is 7.87. The number of nitrogens with zero attached hydrogens (tertiary/aromatic N) is 1. The molecule has 4 rings (SSSR count). The molecular weight excluding hydrogens is 404 g/mol. The minimum atomic E-state index is -5.07. The summed E-state index contributed by atoms with van der Waals surface area (Å²) in [6, 6.07) is 9.69. The number of nitro groups is 1. The van der Waals surface area contributed by atoms with E-state index >= 15 is 4.39 Å². The Morgan fingerprint density at radius 3 is 2.07 bits per heavy atom. The van der Waals surface area contributed by atoms with E-state index in [1.54, 1.807) is 17.4 Å². The Balaban J connectivity index is 1.76. The lowest BCUT2D eigenvalue weighted by Crippen LogP contribution is -2.34. The zero-order chi connectivity index (χ0) is 21.7. The van der Waals surface area contributed by atoms with Crippen molar-refractivity contribution < 1.29 is 27.3 Å². The molecule has 0 atom stereocenters. The summed E-state index contributed by atoms with van der Waals surface area (Å²) in [6.45, 7) is 0. The fraction of sp³-hybridized carbons (Fsp3) is 0.381. The van der Waals surface area contributed by atoms with Crippen LogP contribution in [0.1, 0.15) is 36.8 Å². The van der Waals surface area contributed by atoms with Gasteiger partial charge in [0.1, 0.15) is 5.82 Å². The van der Waals surface area contributed by atoms with Crippen molar-refractivity contribution in [2.45, 2.75) is 37.3 Å². The van der Waals surface area contributed by atoms with Crippen LogP contribution < -0.4 is 5.32 Å². The van der Waals surface area contributed by atoms with Crippen LogP contribution in [0.5, 0.6) is 0 Å². The number of carbonyl (C=O) groups excluding carboxylic acids is 1. The molecule has 2 saturated carbocycles. The van der Waals surface area contributed by atoms with Crippen LogP contribution in [-0.4, -0.2) is 17.0 Å². The second-order valence-electron chi connectivity index (χ2n) is 7.87. The van der Waals surface area contributed by atoms with E-state index in [1.807, 2.05) is 0 Å². The van der Waals surface area contributed by atoms with Gasteiger partial charge in [-0.25, -0.2) is 4.39 Å². The lowest BCUT2D eigenvalue weighted by atomic mass is 9.66. The largest absolute Gasteiger partial charge is 0.471 e. The molecule has 9 heteroatoms. The van der Waals surface area contributed by atoms with Crippen molar-refractivity contribution in [3.63, 3.8) is 0 Å². The van der Waals surface area contributed by atoms with Gasteiger partial charge in [0.05, 0.1) is 4.92 Å². The molecule has 1 N–H and O–H groups in total.